The van der Waals surface area contributed by atoms with Crippen molar-refractivity contribution in [1.82, 2.24) is 9.78 Å². The van der Waals surface area contributed by atoms with Crippen LogP contribution in [-0.2, 0) is 16.3 Å². The first-order valence-corrected chi connectivity index (χ1v) is 10.6. The summed E-state index contributed by atoms with van der Waals surface area (Å²) in [6.45, 7) is 1.76. The quantitative estimate of drug-likeness (QED) is 0.560. The second-order valence-electron chi connectivity index (χ2n) is 6.94. The molecule has 30 heavy (non-hydrogen) atoms. The zero-order valence-corrected chi connectivity index (χ0v) is 16.6. The van der Waals surface area contributed by atoms with Crippen LogP contribution in [0.25, 0.3) is 11.8 Å². The van der Waals surface area contributed by atoms with Crippen molar-refractivity contribution in [3.05, 3.63) is 83.1 Å². The first kappa shape index (κ1) is 20.2. The van der Waals surface area contributed by atoms with Crippen LogP contribution in [0.15, 0.2) is 60.7 Å². The molecule has 5 nitrogen and oxygen atoms in total. The molecule has 0 spiro atoms. The van der Waals surface area contributed by atoms with Crippen molar-refractivity contribution in [2.24, 2.45) is 0 Å². The van der Waals surface area contributed by atoms with Crippen LogP contribution < -0.4 is 4.18 Å². The van der Waals surface area contributed by atoms with Gasteiger partial charge in [0.2, 0.25) is 5.88 Å². The largest absolute Gasteiger partial charge is 0.416 e. The van der Waals surface area contributed by atoms with Crippen LogP contribution in [0.1, 0.15) is 28.3 Å². The van der Waals surface area contributed by atoms with E-state index in [0.717, 1.165) is 12.1 Å². The third-order valence-corrected chi connectivity index (χ3v) is 5.96. The Balaban J connectivity index is 1.71. The molecule has 0 bridgehead atoms. The third kappa shape index (κ3) is 3.97. The maximum atomic E-state index is 12.7. The Labute approximate surface area is 171 Å². The van der Waals surface area contributed by atoms with Gasteiger partial charge < -0.3 is 4.18 Å². The van der Waals surface area contributed by atoms with Crippen molar-refractivity contribution in [2.45, 2.75) is 19.0 Å². The van der Waals surface area contributed by atoms with Gasteiger partial charge in [-0.3, -0.25) is 0 Å². The molecule has 0 saturated carbocycles. The first-order valence-electron chi connectivity index (χ1n) is 9.06. The van der Waals surface area contributed by atoms with Gasteiger partial charge in [0.15, 0.2) is 0 Å². The summed E-state index contributed by atoms with van der Waals surface area (Å²) in [6.07, 6.45) is -1.14. The van der Waals surface area contributed by atoms with Crippen LogP contribution in [0.3, 0.4) is 0 Å². The zero-order valence-electron chi connectivity index (χ0n) is 15.8. The molecule has 9 heteroatoms. The predicted molar refractivity (Wildman–Crippen MR) is 106 cm³/mol. The number of allylic oxidation sites excluding steroid dienone is 1. The third-order valence-electron chi connectivity index (χ3n) is 4.78. The van der Waals surface area contributed by atoms with Crippen LogP contribution >= 0.6 is 0 Å². The second-order valence-corrected chi connectivity index (χ2v) is 8.56. The fourth-order valence-electron chi connectivity index (χ4n) is 3.39. The minimum absolute atomic E-state index is 0.131. The summed E-state index contributed by atoms with van der Waals surface area (Å²) in [5.41, 5.74) is 1.70. The molecule has 1 atom stereocenters. The Morgan fingerprint density at radius 2 is 1.77 bits per heavy atom. The molecule has 1 aromatic heterocycles. The number of fused-ring (bicyclic) bond motifs is 1. The summed E-state index contributed by atoms with van der Waals surface area (Å²) < 4.78 is 69.6. The van der Waals surface area contributed by atoms with E-state index in [1.54, 1.807) is 43.3 Å². The van der Waals surface area contributed by atoms with Gasteiger partial charge in [0, 0.05) is 11.5 Å². The van der Waals surface area contributed by atoms with Crippen LogP contribution in [0.4, 0.5) is 13.2 Å². The summed E-state index contributed by atoms with van der Waals surface area (Å²) in [6, 6.07) is 13.7. The molecule has 156 valence electrons. The average Bonchev–Trinajstić information content (AvgIpc) is 3.01. The van der Waals surface area contributed by atoms with E-state index in [9.17, 15) is 21.6 Å². The molecule has 0 radical (unpaired) electrons. The molecular formula is C21H17F3N2O3S. The van der Waals surface area contributed by atoms with Gasteiger partial charge in [0.05, 0.1) is 22.7 Å². The Bertz CT molecular complexity index is 1200. The van der Waals surface area contributed by atoms with E-state index in [-0.39, 0.29) is 11.6 Å². The molecule has 0 saturated heterocycles. The zero-order chi connectivity index (χ0) is 21.5. The SMILES string of the molecule is Cc1nn(-c2ccccc2)c2c1C(/C=C/c1ccc(C(F)(F)F)cc1)CS(=O)(=O)O2. The monoisotopic (exact) mass is 434 g/mol. The summed E-state index contributed by atoms with van der Waals surface area (Å²) >= 11 is 0. The fraction of sp³-hybridized carbons (Fsp3) is 0.190. The lowest BCUT2D eigenvalue weighted by Crippen LogP contribution is -2.25. The number of hydrogen-bond acceptors (Lipinski definition) is 4. The number of hydrogen-bond donors (Lipinski definition) is 0. The molecule has 2 aromatic carbocycles. The van der Waals surface area contributed by atoms with E-state index in [1.165, 1.54) is 16.8 Å². The minimum atomic E-state index is -4.41. The molecule has 4 rings (SSSR count). The van der Waals surface area contributed by atoms with Gasteiger partial charge in [-0.05, 0) is 36.8 Å². The molecule has 2 heterocycles. The highest BCUT2D eigenvalue weighted by Gasteiger charge is 2.36. The van der Waals surface area contributed by atoms with Crippen molar-refractivity contribution in [1.29, 1.82) is 0 Å². The normalized spacial score (nSPS) is 18.2. The molecule has 0 aliphatic carbocycles. The topological polar surface area (TPSA) is 61.2 Å². The van der Waals surface area contributed by atoms with Gasteiger partial charge in [-0.15, -0.1) is 0 Å². The number of halogens is 3. The van der Waals surface area contributed by atoms with E-state index in [2.05, 4.69) is 5.10 Å². The molecule has 1 aliphatic rings. The van der Waals surface area contributed by atoms with Crippen molar-refractivity contribution in [2.75, 3.05) is 5.75 Å². The number of aromatic nitrogens is 2. The summed E-state index contributed by atoms with van der Waals surface area (Å²) in [5, 5.41) is 4.44. The van der Waals surface area contributed by atoms with Crippen LogP contribution in [0.2, 0.25) is 0 Å². The molecule has 0 amide bonds. The van der Waals surface area contributed by atoms with Gasteiger partial charge in [-0.1, -0.05) is 42.5 Å². The van der Waals surface area contributed by atoms with Gasteiger partial charge in [0.1, 0.15) is 0 Å². The maximum absolute atomic E-state index is 12.7. The van der Waals surface area contributed by atoms with Crippen LogP contribution in [0.5, 0.6) is 5.88 Å². The van der Waals surface area contributed by atoms with E-state index >= 15 is 0 Å². The summed E-state index contributed by atoms with van der Waals surface area (Å²) in [4.78, 5) is 0. The maximum Gasteiger partial charge on any atom is 0.416 e. The number of aryl methyl sites for hydroxylation is 1. The number of benzene rings is 2. The van der Waals surface area contributed by atoms with Crippen molar-refractivity contribution in [3.63, 3.8) is 0 Å². The van der Waals surface area contributed by atoms with Gasteiger partial charge in [-0.25, -0.2) is 0 Å². The van der Waals surface area contributed by atoms with Crippen molar-refractivity contribution in [3.8, 4) is 11.6 Å². The first-order chi connectivity index (χ1) is 14.1. The predicted octanol–water partition coefficient (Wildman–Crippen LogP) is 4.72. The molecule has 3 aromatic rings. The number of para-hydroxylation sites is 1. The Hall–Kier alpha value is -3.07. The van der Waals surface area contributed by atoms with Crippen molar-refractivity contribution < 1.29 is 25.8 Å². The average molecular weight is 434 g/mol. The van der Waals surface area contributed by atoms with E-state index in [1.807, 2.05) is 6.07 Å². The second kappa shape index (κ2) is 7.32. The molecular weight excluding hydrogens is 417 g/mol. The lowest BCUT2D eigenvalue weighted by Gasteiger charge is -2.21. The van der Waals surface area contributed by atoms with Gasteiger partial charge in [0.25, 0.3) is 0 Å². The number of nitrogens with zero attached hydrogens (tertiary/aromatic N) is 2. The van der Waals surface area contributed by atoms with E-state index in [0.29, 0.717) is 22.5 Å². The van der Waals surface area contributed by atoms with Crippen molar-refractivity contribution >= 4 is 16.2 Å². The summed E-state index contributed by atoms with van der Waals surface area (Å²) in [5.74, 6) is -0.691. The molecule has 1 unspecified atom stereocenters. The van der Waals surface area contributed by atoms with Gasteiger partial charge in [-0.2, -0.15) is 31.4 Å². The Morgan fingerprint density at radius 1 is 1.10 bits per heavy atom. The van der Waals surface area contributed by atoms with E-state index < -0.39 is 27.8 Å². The standard InChI is InChI=1S/C21H17F3N2O3S/c1-14-19-16(10-7-15-8-11-17(12-9-15)21(22,23)24)13-30(27,28)29-20(19)26(25-14)18-5-3-2-4-6-18/h2-12,16H,13H2,1H3/b10-7+. The lowest BCUT2D eigenvalue weighted by molar-refractivity contribution is -0.137. The van der Waals surface area contributed by atoms with Gasteiger partial charge >= 0.3 is 16.3 Å². The number of rotatable bonds is 3. The fourth-order valence-corrected chi connectivity index (χ4v) is 4.58. The van der Waals surface area contributed by atoms with E-state index in [4.69, 9.17) is 4.18 Å². The van der Waals surface area contributed by atoms with Crippen LogP contribution in [-0.4, -0.2) is 24.0 Å². The minimum Gasteiger partial charge on any atom is -0.361 e. The summed E-state index contributed by atoms with van der Waals surface area (Å²) in [7, 11) is -3.85. The molecule has 0 N–H and O–H groups in total. The molecule has 0 fully saturated rings. The molecule has 1 aliphatic heterocycles. The number of alkyl halides is 3. The Morgan fingerprint density at radius 3 is 2.40 bits per heavy atom. The van der Waals surface area contributed by atoms with Crippen LogP contribution in [0, 0.1) is 6.92 Å². The highest BCUT2D eigenvalue weighted by Crippen LogP contribution is 2.39. The Kier molecular flexibility index (Phi) is 4.93. The lowest BCUT2D eigenvalue weighted by atomic mass is 9.99. The smallest absolute Gasteiger partial charge is 0.361 e. The highest BCUT2D eigenvalue weighted by molar-refractivity contribution is 7.87. The highest BCUT2D eigenvalue weighted by atomic mass is 32.2.